The van der Waals surface area contributed by atoms with Crippen molar-refractivity contribution in [2.75, 3.05) is 18.0 Å². The van der Waals surface area contributed by atoms with E-state index in [9.17, 15) is 9.50 Å². The number of aryl methyl sites for hydroxylation is 2. The van der Waals surface area contributed by atoms with Crippen LogP contribution < -0.4 is 4.90 Å². The van der Waals surface area contributed by atoms with Crippen molar-refractivity contribution in [1.82, 2.24) is 0 Å². The van der Waals surface area contributed by atoms with Gasteiger partial charge in [0.1, 0.15) is 5.82 Å². The molecule has 0 aliphatic carbocycles. The number of halogens is 1. The molecule has 0 heterocycles. The third kappa shape index (κ3) is 3.82. The molecule has 3 heteroatoms. The lowest BCUT2D eigenvalue weighted by atomic mass is 10.0. The van der Waals surface area contributed by atoms with Gasteiger partial charge in [0.15, 0.2) is 0 Å². The minimum Gasteiger partial charge on any atom is -0.387 e. The van der Waals surface area contributed by atoms with Gasteiger partial charge in [-0.1, -0.05) is 29.8 Å². The van der Waals surface area contributed by atoms with Crippen LogP contribution in [-0.2, 0) is 0 Å². The number of nitrogens with zero attached hydrogens (tertiary/aromatic N) is 1. The molecule has 0 amide bonds. The number of benzene rings is 2. The second kappa shape index (κ2) is 6.72. The van der Waals surface area contributed by atoms with Crippen molar-refractivity contribution in [2.45, 2.75) is 26.9 Å². The van der Waals surface area contributed by atoms with E-state index in [-0.39, 0.29) is 5.82 Å². The fourth-order valence-electron chi connectivity index (χ4n) is 2.60. The topological polar surface area (TPSA) is 23.5 Å². The molecular formula is C18H22FNO. The first-order chi connectivity index (χ1) is 10.0. The standard InChI is InChI=1S/C18H22FNO/c1-4-20(16-7-5-6-15(19)11-16)12-18(21)17-9-8-13(2)10-14(17)3/h5-11,18,21H,4,12H2,1-3H3. The predicted octanol–water partition coefficient (Wildman–Crippen LogP) is 4.00. The third-order valence-corrected chi connectivity index (χ3v) is 3.73. The summed E-state index contributed by atoms with van der Waals surface area (Å²) in [5.41, 5.74) is 3.98. The van der Waals surface area contributed by atoms with E-state index in [0.717, 1.165) is 16.8 Å². The Labute approximate surface area is 125 Å². The van der Waals surface area contributed by atoms with Crippen LogP contribution in [0.3, 0.4) is 0 Å². The molecule has 21 heavy (non-hydrogen) atoms. The Morgan fingerprint density at radius 2 is 1.90 bits per heavy atom. The average molecular weight is 287 g/mol. The highest BCUT2D eigenvalue weighted by Crippen LogP contribution is 2.23. The predicted molar refractivity (Wildman–Crippen MR) is 85.2 cm³/mol. The molecular weight excluding hydrogens is 265 g/mol. The maximum absolute atomic E-state index is 13.3. The number of aliphatic hydroxyl groups excluding tert-OH is 1. The Morgan fingerprint density at radius 3 is 2.52 bits per heavy atom. The smallest absolute Gasteiger partial charge is 0.125 e. The van der Waals surface area contributed by atoms with E-state index in [2.05, 4.69) is 6.07 Å². The van der Waals surface area contributed by atoms with E-state index in [4.69, 9.17) is 0 Å². The summed E-state index contributed by atoms with van der Waals surface area (Å²) in [6.45, 7) is 7.20. The fourth-order valence-corrected chi connectivity index (χ4v) is 2.60. The molecule has 0 aliphatic rings. The molecule has 0 fully saturated rings. The van der Waals surface area contributed by atoms with Gasteiger partial charge < -0.3 is 10.0 Å². The quantitative estimate of drug-likeness (QED) is 0.898. The summed E-state index contributed by atoms with van der Waals surface area (Å²) < 4.78 is 13.3. The molecule has 2 aromatic carbocycles. The summed E-state index contributed by atoms with van der Waals surface area (Å²) in [6.07, 6.45) is -0.589. The van der Waals surface area contributed by atoms with Crippen molar-refractivity contribution < 1.29 is 9.50 Å². The minimum atomic E-state index is -0.589. The van der Waals surface area contributed by atoms with Crippen molar-refractivity contribution in [2.24, 2.45) is 0 Å². The Kier molecular flexibility index (Phi) is 4.97. The van der Waals surface area contributed by atoms with Crippen molar-refractivity contribution in [1.29, 1.82) is 0 Å². The Hall–Kier alpha value is -1.87. The average Bonchev–Trinajstić information content (AvgIpc) is 2.44. The molecule has 1 N–H and O–H groups in total. The molecule has 1 unspecified atom stereocenters. The van der Waals surface area contributed by atoms with Crippen LogP contribution in [0.25, 0.3) is 0 Å². The molecule has 1 atom stereocenters. The van der Waals surface area contributed by atoms with Gasteiger partial charge in [0, 0.05) is 18.8 Å². The number of likely N-dealkylation sites (N-methyl/N-ethyl adjacent to an activating group) is 1. The fraction of sp³-hybridized carbons (Fsp3) is 0.333. The van der Waals surface area contributed by atoms with Gasteiger partial charge in [-0.3, -0.25) is 0 Å². The van der Waals surface area contributed by atoms with Crippen molar-refractivity contribution >= 4 is 5.69 Å². The van der Waals surface area contributed by atoms with Crippen LogP contribution >= 0.6 is 0 Å². The van der Waals surface area contributed by atoms with Gasteiger partial charge in [0.2, 0.25) is 0 Å². The zero-order chi connectivity index (χ0) is 15.4. The highest BCUT2D eigenvalue weighted by atomic mass is 19.1. The molecule has 2 rings (SSSR count). The molecule has 0 spiro atoms. The first-order valence-electron chi connectivity index (χ1n) is 7.27. The van der Waals surface area contributed by atoms with E-state index in [0.29, 0.717) is 13.1 Å². The van der Waals surface area contributed by atoms with Crippen LogP contribution in [-0.4, -0.2) is 18.2 Å². The van der Waals surface area contributed by atoms with Gasteiger partial charge in [0.25, 0.3) is 0 Å². The molecule has 112 valence electrons. The summed E-state index contributed by atoms with van der Waals surface area (Å²) in [7, 11) is 0. The third-order valence-electron chi connectivity index (χ3n) is 3.73. The summed E-state index contributed by atoms with van der Waals surface area (Å²) in [5.74, 6) is -0.257. The normalized spacial score (nSPS) is 12.2. The lowest BCUT2D eigenvalue weighted by molar-refractivity contribution is 0.183. The Balaban J connectivity index is 2.18. The SMILES string of the molecule is CCN(CC(O)c1ccc(C)cc1C)c1cccc(F)c1. The van der Waals surface area contributed by atoms with E-state index >= 15 is 0 Å². The minimum absolute atomic E-state index is 0.257. The van der Waals surface area contributed by atoms with Crippen LogP contribution in [0.2, 0.25) is 0 Å². The Morgan fingerprint density at radius 1 is 1.14 bits per heavy atom. The number of anilines is 1. The molecule has 2 nitrogen and oxygen atoms in total. The molecule has 0 bridgehead atoms. The second-order valence-electron chi connectivity index (χ2n) is 5.39. The molecule has 0 aromatic heterocycles. The maximum Gasteiger partial charge on any atom is 0.125 e. The van der Waals surface area contributed by atoms with Crippen LogP contribution in [0.4, 0.5) is 10.1 Å². The number of rotatable bonds is 5. The van der Waals surface area contributed by atoms with Gasteiger partial charge in [-0.2, -0.15) is 0 Å². The zero-order valence-corrected chi connectivity index (χ0v) is 12.8. The van der Waals surface area contributed by atoms with Gasteiger partial charge in [-0.25, -0.2) is 4.39 Å². The van der Waals surface area contributed by atoms with Gasteiger partial charge in [-0.15, -0.1) is 0 Å². The van der Waals surface area contributed by atoms with Gasteiger partial charge in [-0.05, 0) is 50.1 Å². The maximum atomic E-state index is 13.3. The molecule has 2 aromatic rings. The molecule has 0 radical (unpaired) electrons. The van der Waals surface area contributed by atoms with E-state index < -0.39 is 6.10 Å². The van der Waals surface area contributed by atoms with Gasteiger partial charge in [0.05, 0.1) is 6.10 Å². The van der Waals surface area contributed by atoms with Crippen molar-refractivity contribution in [3.8, 4) is 0 Å². The van der Waals surface area contributed by atoms with Crippen LogP contribution in [0.5, 0.6) is 0 Å². The van der Waals surface area contributed by atoms with Crippen LogP contribution in [0.1, 0.15) is 29.7 Å². The summed E-state index contributed by atoms with van der Waals surface area (Å²) in [5, 5.41) is 10.5. The summed E-state index contributed by atoms with van der Waals surface area (Å²) >= 11 is 0. The highest BCUT2D eigenvalue weighted by Gasteiger charge is 2.15. The summed E-state index contributed by atoms with van der Waals surface area (Å²) in [6, 6.07) is 12.5. The second-order valence-corrected chi connectivity index (χ2v) is 5.39. The zero-order valence-electron chi connectivity index (χ0n) is 12.8. The first-order valence-corrected chi connectivity index (χ1v) is 7.27. The van der Waals surface area contributed by atoms with Crippen LogP contribution in [0.15, 0.2) is 42.5 Å². The number of hydrogen-bond donors (Lipinski definition) is 1. The van der Waals surface area contributed by atoms with E-state index in [1.54, 1.807) is 6.07 Å². The first kappa shape index (κ1) is 15.5. The van der Waals surface area contributed by atoms with Gasteiger partial charge >= 0.3 is 0 Å². The molecule has 0 saturated heterocycles. The molecule has 0 saturated carbocycles. The van der Waals surface area contributed by atoms with E-state index in [1.165, 1.54) is 17.7 Å². The van der Waals surface area contributed by atoms with E-state index in [1.807, 2.05) is 43.9 Å². The highest BCUT2D eigenvalue weighted by molar-refractivity contribution is 5.47. The monoisotopic (exact) mass is 287 g/mol. The summed E-state index contributed by atoms with van der Waals surface area (Å²) in [4.78, 5) is 1.98. The Bertz CT molecular complexity index is 612. The lowest BCUT2D eigenvalue weighted by Gasteiger charge is -2.27. The molecule has 0 aliphatic heterocycles. The number of aliphatic hydroxyl groups is 1. The largest absolute Gasteiger partial charge is 0.387 e. The lowest BCUT2D eigenvalue weighted by Crippen LogP contribution is -2.28. The van der Waals surface area contributed by atoms with Crippen LogP contribution in [0, 0.1) is 19.7 Å². The van der Waals surface area contributed by atoms with Crippen molar-refractivity contribution in [3.05, 3.63) is 65.0 Å². The van der Waals surface area contributed by atoms with Crippen molar-refractivity contribution in [3.63, 3.8) is 0 Å². The number of hydrogen-bond acceptors (Lipinski definition) is 2.